The number of aromatic nitrogens is 1. The Morgan fingerprint density at radius 3 is 2.55 bits per heavy atom. The summed E-state index contributed by atoms with van der Waals surface area (Å²) in [6.45, 7) is 1.95. The second-order valence-corrected chi connectivity index (χ2v) is 4.47. The average Bonchev–Trinajstić information content (AvgIpc) is 2.67. The Kier molecular flexibility index (Phi) is 3.70. The molecule has 2 rings (SSSR count). The van der Waals surface area contributed by atoms with Crippen molar-refractivity contribution in [3.8, 4) is 11.5 Å². The molecule has 20 heavy (non-hydrogen) atoms. The smallest absolute Gasteiger partial charge is 0.328 e. The average molecular weight is 275 g/mol. The molecule has 2 aromatic rings. The van der Waals surface area contributed by atoms with E-state index in [1.54, 1.807) is 20.3 Å². The van der Waals surface area contributed by atoms with Gasteiger partial charge in [0.05, 0.1) is 19.7 Å². The number of rotatable bonds is 4. The van der Waals surface area contributed by atoms with Gasteiger partial charge < -0.3 is 19.1 Å². The maximum atomic E-state index is 10.7. The minimum Gasteiger partial charge on any atom is -0.497 e. The van der Waals surface area contributed by atoms with Gasteiger partial charge >= 0.3 is 5.97 Å². The summed E-state index contributed by atoms with van der Waals surface area (Å²) in [6.07, 6.45) is 2.72. The van der Waals surface area contributed by atoms with E-state index in [4.69, 9.17) is 14.6 Å². The first kappa shape index (κ1) is 14.0. The number of aryl methyl sites for hydroxylation is 2. The summed E-state index contributed by atoms with van der Waals surface area (Å²) in [5.41, 5.74) is 2.72. The number of carbonyl (C=O) groups is 1. The molecule has 5 nitrogen and oxygen atoms in total. The van der Waals surface area contributed by atoms with E-state index in [0.717, 1.165) is 28.2 Å². The highest BCUT2D eigenvalue weighted by Crippen LogP contribution is 2.36. The maximum Gasteiger partial charge on any atom is 0.328 e. The number of hydrogen-bond acceptors (Lipinski definition) is 3. The molecule has 0 unspecified atom stereocenters. The van der Waals surface area contributed by atoms with Gasteiger partial charge in [0.1, 0.15) is 11.5 Å². The van der Waals surface area contributed by atoms with E-state index < -0.39 is 5.97 Å². The summed E-state index contributed by atoms with van der Waals surface area (Å²) in [5.74, 6) is 0.427. The molecule has 0 saturated carbocycles. The molecule has 5 heteroatoms. The van der Waals surface area contributed by atoms with Gasteiger partial charge in [0, 0.05) is 30.3 Å². The quantitative estimate of drug-likeness (QED) is 0.871. The molecule has 1 aromatic carbocycles. The van der Waals surface area contributed by atoms with Crippen LogP contribution in [0.2, 0.25) is 0 Å². The monoisotopic (exact) mass is 275 g/mol. The van der Waals surface area contributed by atoms with Crippen LogP contribution in [-0.4, -0.2) is 29.9 Å². The Balaban J connectivity index is 2.77. The third-order valence-electron chi connectivity index (χ3n) is 3.37. The van der Waals surface area contributed by atoms with Crippen molar-refractivity contribution < 1.29 is 19.4 Å². The van der Waals surface area contributed by atoms with E-state index >= 15 is 0 Å². The Morgan fingerprint density at radius 1 is 1.30 bits per heavy atom. The molecule has 0 fully saturated rings. The summed E-state index contributed by atoms with van der Waals surface area (Å²) in [6, 6.07) is 3.73. The Bertz CT molecular complexity index is 698. The molecule has 0 saturated heterocycles. The Hall–Kier alpha value is -2.43. The van der Waals surface area contributed by atoms with E-state index in [-0.39, 0.29) is 0 Å². The molecule has 0 spiro atoms. The van der Waals surface area contributed by atoms with Crippen LogP contribution < -0.4 is 9.47 Å². The number of aliphatic carboxylic acids is 1. The van der Waals surface area contributed by atoms with Gasteiger partial charge in [-0.3, -0.25) is 0 Å². The van der Waals surface area contributed by atoms with E-state index in [2.05, 4.69) is 0 Å². The van der Waals surface area contributed by atoms with Gasteiger partial charge in [0.25, 0.3) is 0 Å². The zero-order valence-electron chi connectivity index (χ0n) is 11.9. The lowest BCUT2D eigenvalue weighted by Crippen LogP contribution is -1.95. The van der Waals surface area contributed by atoms with Crippen molar-refractivity contribution in [2.75, 3.05) is 14.2 Å². The lowest BCUT2D eigenvalue weighted by atomic mass is 10.1. The normalized spacial score (nSPS) is 11.2. The van der Waals surface area contributed by atoms with Crippen molar-refractivity contribution in [1.82, 2.24) is 4.57 Å². The number of nitrogens with zero attached hydrogens (tertiary/aromatic N) is 1. The summed E-state index contributed by atoms with van der Waals surface area (Å²) >= 11 is 0. The van der Waals surface area contributed by atoms with E-state index in [9.17, 15) is 4.79 Å². The highest BCUT2D eigenvalue weighted by atomic mass is 16.5. The predicted molar refractivity (Wildman–Crippen MR) is 77.4 cm³/mol. The Labute approximate surface area is 117 Å². The lowest BCUT2D eigenvalue weighted by molar-refractivity contribution is -0.131. The van der Waals surface area contributed by atoms with E-state index in [1.807, 2.05) is 30.7 Å². The minimum absolute atomic E-state index is 0.694. The van der Waals surface area contributed by atoms with Gasteiger partial charge in [-0.25, -0.2) is 4.79 Å². The molecule has 0 radical (unpaired) electrons. The number of carboxylic acids is 1. The summed E-state index contributed by atoms with van der Waals surface area (Å²) in [4.78, 5) is 10.7. The number of ether oxygens (including phenoxy) is 2. The van der Waals surface area contributed by atoms with Crippen LogP contribution in [0.1, 0.15) is 11.3 Å². The topological polar surface area (TPSA) is 60.7 Å². The van der Waals surface area contributed by atoms with Crippen LogP contribution >= 0.6 is 0 Å². The second-order valence-electron chi connectivity index (χ2n) is 4.47. The fourth-order valence-corrected chi connectivity index (χ4v) is 2.38. The molecule has 0 aliphatic rings. The molecule has 106 valence electrons. The van der Waals surface area contributed by atoms with Gasteiger partial charge in [0.2, 0.25) is 0 Å². The zero-order valence-corrected chi connectivity index (χ0v) is 11.9. The van der Waals surface area contributed by atoms with Gasteiger partial charge in [-0.1, -0.05) is 0 Å². The molecule has 0 amide bonds. The Morgan fingerprint density at radius 2 is 2.00 bits per heavy atom. The first-order valence-corrected chi connectivity index (χ1v) is 6.11. The third-order valence-corrected chi connectivity index (χ3v) is 3.37. The molecule has 0 aliphatic heterocycles. The first-order chi connectivity index (χ1) is 9.49. The number of methoxy groups -OCH3 is 2. The van der Waals surface area contributed by atoms with Gasteiger partial charge in [-0.15, -0.1) is 0 Å². The number of carboxylic acid groups (broad SMARTS) is 1. The number of hydrogen-bond donors (Lipinski definition) is 1. The maximum absolute atomic E-state index is 10.7. The highest BCUT2D eigenvalue weighted by Gasteiger charge is 2.15. The minimum atomic E-state index is -0.973. The second kappa shape index (κ2) is 5.28. The van der Waals surface area contributed by atoms with Crippen LogP contribution in [0.25, 0.3) is 17.0 Å². The molecule has 1 heterocycles. The predicted octanol–water partition coefficient (Wildman–Crippen LogP) is 2.60. The zero-order chi connectivity index (χ0) is 14.9. The van der Waals surface area contributed by atoms with Crippen LogP contribution in [0.4, 0.5) is 0 Å². The fourth-order valence-electron chi connectivity index (χ4n) is 2.38. The third kappa shape index (κ3) is 2.22. The molecular weight excluding hydrogens is 258 g/mol. The van der Waals surface area contributed by atoms with Crippen molar-refractivity contribution in [2.24, 2.45) is 7.05 Å². The molecular formula is C15H17NO4. The molecule has 0 bridgehead atoms. The van der Waals surface area contributed by atoms with Crippen LogP contribution in [0, 0.1) is 6.92 Å². The molecule has 0 atom stereocenters. The summed E-state index contributed by atoms with van der Waals surface area (Å²) in [5, 5.41) is 9.75. The van der Waals surface area contributed by atoms with Crippen molar-refractivity contribution >= 4 is 22.9 Å². The van der Waals surface area contributed by atoms with Crippen LogP contribution in [-0.2, 0) is 11.8 Å². The lowest BCUT2D eigenvalue weighted by Gasteiger charge is -2.08. The molecule has 0 aliphatic carbocycles. The van der Waals surface area contributed by atoms with Crippen LogP contribution in [0.3, 0.4) is 0 Å². The van der Waals surface area contributed by atoms with Crippen molar-refractivity contribution in [3.05, 3.63) is 29.5 Å². The number of benzene rings is 1. The summed E-state index contributed by atoms with van der Waals surface area (Å²) < 4.78 is 12.6. The largest absolute Gasteiger partial charge is 0.497 e. The molecule has 1 aromatic heterocycles. The van der Waals surface area contributed by atoms with Crippen molar-refractivity contribution in [2.45, 2.75) is 6.92 Å². The van der Waals surface area contributed by atoms with Gasteiger partial charge in [-0.05, 0) is 24.6 Å². The number of fused-ring (bicyclic) bond motifs is 1. The van der Waals surface area contributed by atoms with Crippen molar-refractivity contribution in [3.63, 3.8) is 0 Å². The summed E-state index contributed by atoms with van der Waals surface area (Å²) in [7, 11) is 5.08. The standard InChI is InChI=1S/C15H17NO4/c1-9-11-7-10(19-3)8-13(20-4)15(11)16(2)12(9)5-6-14(17)18/h5-8H,1-4H3,(H,17,18)/b6-5+. The fraction of sp³-hybridized carbons (Fsp3) is 0.267. The van der Waals surface area contributed by atoms with Crippen molar-refractivity contribution in [1.29, 1.82) is 0 Å². The van der Waals surface area contributed by atoms with Gasteiger partial charge in [0.15, 0.2) is 0 Å². The van der Waals surface area contributed by atoms with E-state index in [0.29, 0.717) is 11.5 Å². The molecule has 1 N–H and O–H groups in total. The van der Waals surface area contributed by atoms with E-state index in [1.165, 1.54) is 0 Å². The van der Waals surface area contributed by atoms with Crippen LogP contribution in [0.5, 0.6) is 11.5 Å². The highest BCUT2D eigenvalue weighted by molar-refractivity contribution is 5.95. The van der Waals surface area contributed by atoms with Gasteiger partial charge in [-0.2, -0.15) is 0 Å². The first-order valence-electron chi connectivity index (χ1n) is 6.11. The SMILES string of the molecule is COc1cc(OC)c2c(c1)c(C)c(/C=C/C(=O)O)n2C. The van der Waals surface area contributed by atoms with Crippen LogP contribution in [0.15, 0.2) is 18.2 Å².